The summed E-state index contributed by atoms with van der Waals surface area (Å²) in [6.45, 7) is 1.93. The first-order valence-electron chi connectivity index (χ1n) is 6.81. The summed E-state index contributed by atoms with van der Waals surface area (Å²) in [5.74, 6) is 0.710. The average molecular weight is 277 g/mol. The smallest absolute Gasteiger partial charge is 0.159 e. The van der Waals surface area contributed by atoms with Gasteiger partial charge in [0.25, 0.3) is 0 Å². The Hall–Kier alpha value is -2.68. The predicted octanol–water partition coefficient (Wildman–Crippen LogP) is 4.02. The molecule has 3 aromatic rings. The molecule has 2 aromatic carbocycles. The van der Waals surface area contributed by atoms with Crippen molar-refractivity contribution in [2.75, 3.05) is 0 Å². The van der Waals surface area contributed by atoms with Crippen LogP contribution in [0.5, 0.6) is 5.75 Å². The molecule has 1 heterocycles. The molecule has 0 unspecified atom stereocenters. The Balaban J connectivity index is 1.77. The van der Waals surface area contributed by atoms with Crippen LogP contribution in [-0.4, -0.2) is 10.8 Å². The van der Waals surface area contributed by atoms with E-state index in [4.69, 9.17) is 4.74 Å². The number of para-hydroxylation sites is 1. The van der Waals surface area contributed by atoms with Gasteiger partial charge in [-0.3, -0.25) is 4.79 Å². The van der Waals surface area contributed by atoms with Crippen LogP contribution in [-0.2, 0) is 6.61 Å². The van der Waals surface area contributed by atoms with Gasteiger partial charge in [-0.15, -0.1) is 0 Å². The summed E-state index contributed by atoms with van der Waals surface area (Å²) in [5, 5.41) is 1.11. The van der Waals surface area contributed by atoms with Crippen LogP contribution in [0, 0.1) is 0 Å². The molecule has 0 spiro atoms. The number of nitrogens with zero attached hydrogens (tertiary/aromatic N) is 1. The molecule has 0 N–H and O–H groups in total. The number of ether oxygens (including phenoxy) is 1. The molecule has 0 bridgehead atoms. The standard InChI is InChI=1S/C18H15NO2/c1-13(20)15-6-4-7-17(11-15)21-12-16-10-9-14-5-2-3-8-18(14)19-16/h2-11H,12H2,1H3. The Labute approximate surface area is 123 Å². The average Bonchev–Trinajstić information content (AvgIpc) is 2.53. The van der Waals surface area contributed by atoms with Crippen LogP contribution in [0.15, 0.2) is 60.7 Å². The molecule has 3 nitrogen and oxygen atoms in total. The number of hydrogen-bond donors (Lipinski definition) is 0. The van der Waals surface area contributed by atoms with E-state index < -0.39 is 0 Å². The van der Waals surface area contributed by atoms with Gasteiger partial charge in [-0.1, -0.05) is 36.4 Å². The van der Waals surface area contributed by atoms with Gasteiger partial charge in [-0.2, -0.15) is 0 Å². The van der Waals surface area contributed by atoms with E-state index in [1.54, 1.807) is 19.1 Å². The normalized spacial score (nSPS) is 10.5. The molecule has 0 aliphatic rings. The van der Waals surface area contributed by atoms with Gasteiger partial charge in [-0.25, -0.2) is 4.98 Å². The van der Waals surface area contributed by atoms with Crippen LogP contribution in [0.4, 0.5) is 0 Å². The van der Waals surface area contributed by atoms with Gasteiger partial charge < -0.3 is 4.74 Å². The molecule has 0 aliphatic carbocycles. The number of fused-ring (bicyclic) bond motifs is 1. The van der Waals surface area contributed by atoms with Gasteiger partial charge in [0, 0.05) is 10.9 Å². The fraction of sp³-hybridized carbons (Fsp3) is 0.111. The third kappa shape index (κ3) is 3.08. The minimum Gasteiger partial charge on any atom is -0.487 e. The van der Waals surface area contributed by atoms with Gasteiger partial charge >= 0.3 is 0 Å². The second-order valence-electron chi connectivity index (χ2n) is 4.87. The van der Waals surface area contributed by atoms with E-state index in [9.17, 15) is 4.79 Å². The van der Waals surface area contributed by atoms with Crippen molar-refractivity contribution in [3.05, 3.63) is 71.9 Å². The Morgan fingerprint density at radius 1 is 1.05 bits per heavy atom. The van der Waals surface area contributed by atoms with Gasteiger partial charge in [0.15, 0.2) is 5.78 Å². The molecule has 104 valence electrons. The monoisotopic (exact) mass is 277 g/mol. The van der Waals surface area contributed by atoms with Crippen LogP contribution in [0.1, 0.15) is 23.0 Å². The molecule has 3 rings (SSSR count). The van der Waals surface area contributed by atoms with E-state index in [1.165, 1.54) is 0 Å². The number of hydrogen-bond acceptors (Lipinski definition) is 3. The summed E-state index contributed by atoms with van der Waals surface area (Å²) in [5.41, 5.74) is 2.47. The Morgan fingerprint density at radius 2 is 1.90 bits per heavy atom. The van der Waals surface area contributed by atoms with E-state index in [1.807, 2.05) is 48.5 Å². The Bertz CT molecular complexity index is 796. The zero-order valence-corrected chi connectivity index (χ0v) is 11.7. The van der Waals surface area contributed by atoms with Crippen molar-refractivity contribution < 1.29 is 9.53 Å². The third-order valence-electron chi connectivity index (χ3n) is 3.28. The minimum atomic E-state index is 0.0317. The van der Waals surface area contributed by atoms with Gasteiger partial charge in [-0.05, 0) is 31.2 Å². The summed E-state index contributed by atoms with van der Waals surface area (Å²) < 4.78 is 5.72. The number of pyridine rings is 1. The molecule has 0 saturated heterocycles. The zero-order chi connectivity index (χ0) is 14.7. The maximum absolute atomic E-state index is 11.4. The summed E-state index contributed by atoms with van der Waals surface area (Å²) in [6.07, 6.45) is 0. The largest absolute Gasteiger partial charge is 0.487 e. The molecule has 0 amide bonds. The van der Waals surface area contributed by atoms with E-state index in [-0.39, 0.29) is 5.78 Å². The number of aromatic nitrogens is 1. The fourth-order valence-corrected chi connectivity index (χ4v) is 2.15. The highest BCUT2D eigenvalue weighted by Crippen LogP contribution is 2.17. The quantitative estimate of drug-likeness (QED) is 0.676. The number of benzene rings is 2. The van der Waals surface area contributed by atoms with Gasteiger partial charge in [0.1, 0.15) is 12.4 Å². The van der Waals surface area contributed by atoms with Crippen molar-refractivity contribution in [3.8, 4) is 5.75 Å². The summed E-state index contributed by atoms with van der Waals surface area (Å²) in [7, 11) is 0. The van der Waals surface area contributed by atoms with Crippen molar-refractivity contribution >= 4 is 16.7 Å². The highest BCUT2D eigenvalue weighted by atomic mass is 16.5. The molecular weight excluding hydrogens is 262 g/mol. The topological polar surface area (TPSA) is 39.2 Å². The molecule has 21 heavy (non-hydrogen) atoms. The highest BCUT2D eigenvalue weighted by molar-refractivity contribution is 5.94. The van der Waals surface area contributed by atoms with E-state index in [0.29, 0.717) is 17.9 Å². The second kappa shape index (κ2) is 5.75. The minimum absolute atomic E-state index is 0.0317. The lowest BCUT2D eigenvalue weighted by Gasteiger charge is -2.07. The van der Waals surface area contributed by atoms with Crippen molar-refractivity contribution in [2.45, 2.75) is 13.5 Å². The van der Waals surface area contributed by atoms with E-state index >= 15 is 0 Å². The fourth-order valence-electron chi connectivity index (χ4n) is 2.15. The highest BCUT2D eigenvalue weighted by Gasteiger charge is 2.03. The van der Waals surface area contributed by atoms with Gasteiger partial charge in [0.2, 0.25) is 0 Å². The Morgan fingerprint density at radius 3 is 2.76 bits per heavy atom. The molecule has 0 fully saturated rings. The van der Waals surface area contributed by atoms with E-state index in [0.717, 1.165) is 16.6 Å². The van der Waals surface area contributed by atoms with Gasteiger partial charge in [0.05, 0.1) is 11.2 Å². The first-order chi connectivity index (χ1) is 10.2. The summed E-state index contributed by atoms with van der Waals surface area (Å²) >= 11 is 0. The Kier molecular flexibility index (Phi) is 3.65. The van der Waals surface area contributed by atoms with Crippen molar-refractivity contribution in [1.29, 1.82) is 0 Å². The van der Waals surface area contributed by atoms with Crippen LogP contribution in [0.2, 0.25) is 0 Å². The lowest BCUT2D eigenvalue weighted by molar-refractivity contribution is 0.101. The number of rotatable bonds is 4. The summed E-state index contributed by atoms with van der Waals surface area (Å²) in [6, 6.07) is 19.2. The molecule has 0 radical (unpaired) electrons. The van der Waals surface area contributed by atoms with Crippen molar-refractivity contribution in [3.63, 3.8) is 0 Å². The number of carbonyl (C=O) groups is 1. The van der Waals surface area contributed by atoms with Crippen LogP contribution < -0.4 is 4.74 Å². The zero-order valence-electron chi connectivity index (χ0n) is 11.7. The molecule has 0 aliphatic heterocycles. The maximum Gasteiger partial charge on any atom is 0.159 e. The number of carbonyl (C=O) groups excluding carboxylic acids is 1. The predicted molar refractivity (Wildman–Crippen MR) is 82.5 cm³/mol. The molecule has 1 aromatic heterocycles. The molecule has 0 saturated carbocycles. The maximum atomic E-state index is 11.4. The second-order valence-corrected chi connectivity index (χ2v) is 4.87. The summed E-state index contributed by atoms with van der Waals surface area (Å²) in [4.78, 5) is 15.9. The lowest BCUT2D eigenvalue weighted by Crippen LogP contribution is -1.99. The molecular formula is C18H15NO2. The third-order valence-corrected chi connectivity index (χ3v) is 3.28. The van der Waals surface area contributed by atoms with Crippen LogP contribution in [0.3, 0.4) is 0 Å². The SMILES string of the molecule is CC(=O)c1cccc(OCc2ccc3ccccc3n2)c1. The van der Waals surface area contributed by atoms with E-state index in [2.05, 4.69) is 4.98 Å². The lowest BCUT2D eigenvalue weighted by atomic mass is 10.1. The first kappa shape index (κ1) is 13.3. The molecule has 0 atom stereocenters. The van der Waals surface area contributed by atoms with Crippen LogP contribution >= 0.6 is 0 Å². The number of ketones is 1. The first-order valence-corrected chi connectivity index (χ1v) is 6.81. The number of Topliss-reactive ketones (excluding diaryl/α,β-unsaturated/α-hetero) is 1. The van der Waals surface area contributed by atoms with Crippen LogP contribution in [0.25, 0.3) is 10.9 Å². The van der Waals surface area contributed by atoms with Crippen molar-refractivity contribution in [2.24, 2.45) is 0 Å². The molecule has 3 heteroatoms. The van der Waals surface area contributed by atoms with Crippen molar-refractivity contribution in [1.82, 2.24) is 4.98 Å².